The molecule has 4 rings (SSSR count). The Bertz CT molecular complexity index is 1210. The molecular weight excluding hydrogens is 485 g/mol. The Hall–Kier alpha value is -3.05. The third kappa shape index (κ3) is 7.08. The minimum atomic E-state index is -0.817. The van der Waals surface area contributed by atoms with Gasteiger partial charge in [0, 0.05) is 23.8 Å². The summed E-state index contributed by atoms with van der Waals surface area (Å²) in [5.41, 5.74) is 2.69. The smallest absolute Gasteiger partial charge is 0.166 e. The number of hydrogen-bond donors (Lipinski definition) is 0. The van der Waals surface area contributed by atoms with Crippen molar-refractivity contribution >= 4 is 12.2 Å². The van der Waals surface area contributed by atoms with Gasteiger partial charge in [0.05, 0.1) is 12.7 Å². The fourth-order valence-corrected chi connectivity index (χ4v) is 4.96. The lowest BCUT2D eigenvalue weighted by molar-refractivity contribution is 0.0248. The topological polar surface area (TPSA) is 18.5 Å². The van der Waals surface area contributed by atoms with Crippen LogP contribution in [0.25, 0.3) is 23.3 Å². The molecule has 0 saturated heterocycles. The molecule has 3 aromatic rings. The van der Waals surface area contributed by atoms with Crippen LogP contribution in [0.3, 0.4) is 0 Å². The summed E-state index contributed by atoms with van der Waals surface area (Å²) >= 11 is 0. The second-order valence-electron chi connectivity index (χ2n) is 10.0. The highest BCUT2D eigenvalue weighted by Gasteiger charge is 2.26. The number of ether oxygens (including phenoxy) is 2. The van der Waals surface area contributed by atoms with E-state index < -0.39 is 11.6 Å². The molecule has 0 amide bonds. The lowest BCUT2D eigenvalue weighted by atomic mass is 9.82. The summed E-state index contributed by atoms with van der Waals surface area (Å²) < 4.78 is 56.0. The van der Waals surface area contributed by atoms with Crippen LogP contribution < -0.4 is 4.74 Å². The maximum Gasteiger partial charge on any atom is 0.166 e. The van der Waals surface area contributed by atoms with Gasteiger partial charge in [-0.15, -0.1) is 0 Å². The van der Waals surface area contributed by atoms with Gasteiger partial charge in [-0.05, 0) is 73.3 Å². The summed E-state index contributed by atoms with van der Waals surface area (Å²) in [5, 5.41) is 0. The first-order chi connectivity index (χ1) is 18.5. The molecule has 0 radical (unpaired) electrons. The molecule has 0 aliphatic heterocycles. The van der Waals surface area contributed by atoms with Crippen LogP contribution in [-0.2, 0) is 4.74 Å². The molecule has 1 saturated carbocycles. The van der Waals surface area contributed by atoms with Crippen LogP contribution in [0.5, 0.6) is 5.75 Å². The van der Waals surface area contributed by atoms with Crippen molar-refractivity contribution in [2.24, 2.45) is 0 Å². The molecule has 0 aromatic heterocycles. The maximum atomic E-state index is 15.0. The number of hydrogen-bond acceptors (Lipinski definition) is 2. The zero-order valence-electron chi connectivity index (χ0n) is 22.3. The van der Waals surface area contributed by atoms with Crippen molar-refractivity contribution in [1.82, 2.24) is 0 Å². The van der Waals surface area contributed by atoms with Gasteiger partial charge in [0.15, 0.2) is 11.6 Å². The summed E-state index contributed by atoms with van der Waals surface area (Å²) in [6.07, 6.45) is 9.85. The first kappa shape index (κ1) is 28.0. The number of unbranched alkanes of at least 4 members (excludes halogenated alkanes) is 1. The largest absolute Gasteiger partial charge is 0.493 e. The summed E-state index contributed by atoms with van der Waals surface area (Å²) in [5.74, 6) is -1.37. The van der Waals surface area contributed by atoms with Gasteiger partial charge in [-0.1, -0.05) is 68.8 Å². The van der Waals surface area contributed by atoms with Crippen molar-refractivity contribution in [2.75, 3.05) is 13.2 Å². The Kier molecular flexibility index (Phi) is 10.1. The van der Waals surface area contributed by atoms with Gasteiger partial charge in [0.2, 0.25) is 0 Å². The van der Waals surface area contributed by atoms with Crippen molar-refractivity contribution in [1.29, 1.82) is 0 Å². The summed E-state index contributed by atoms with van der Waals surface area (Å²) in [6, 6.07) is 15.6. The number of benzene rings is 3. The maximum absolute atomic E-state index is 15.0. The van der Waals surface area contributed by atoms with Gasteiger partial charge in [-0.25, -0.2) is 13.2 Å². The number of halogens is 3. The van der Waals surface area contributed by atoms with Crippen LogP contribution >= 0.6 is 0 Å². The molecule has 0 heterocycles. The molecule has 2 nitrogen and oxygen atoms in total. The average Bonchev–Trinajstić information content (AvgIpc) is 2.94. The van der Waals surface area contributed by atoms with Crippen molar-refractivity contribution < 1.29 is 22.6 Å². The van der Waals surface area contributed by atoms with E-state index in [2.05, 4.69) is 13.8 Å². The van der Waals surface area contributed by atoms with E-state index in [4.69, 9.17) is 9.47 Å². The highest BCUT2D eigenvalue weighted by atomic mass is 19.2. The van der Waals surface area contributed by atoms with Gasteiger partial charge < -0.3 is 9.47 Å². The molecule has 0 spiro atoms. The Balaban J connectivity index is 1.40. The molecule has 38 heavy (non-hydrogen) atoms. The van der Waals surface area contributed by atoms with Gasteiger partial charge in [0.1, 0.15) is 11.6 Å². The SMILES string of the molecule is CCCCOc1ccc(-c2ccc(/C=C/c3ccc(C4CCC(OCCC)CC4)c(F)c3F)cc2)c(F)c1. The standard InChI is InChI=1S/C33H37F3O2/c1-3-5-21-38-28-17-19-29(31(34)22-28)24-9-6-23(7-10-24)8-11-26-14-18-30(33(36)32(26)35)25-12-15-27(16-13-25)37-20-4-2/h6-11,14,17-19,22,25,27H,3-5,12-13,15-16,20-21H2,1-2H3/b11-8+. The summed E-state index contributed by atoms with van der Waals surface area (Å²) in [4.78, 5) is 0. The fourth-order valence-electron chi connectivity index (χ4n) is 4.96. The van der Waals surface area contributed by atoms with Gasteiger partial charge in [-0.3, -0.25) is 0 Å². The number of rotatable bonds is 11. The fraction of sp³-hybridized carbons (Fsp3) is 0.394. The Morgan fingerprint density at radius 1 is 0.789 bits per heavy atom. The third-order valence-electron chi connectivity index (χ3n) is 7.20. The van der Waals surface area contributed by atoms with E-state index in [1.165, 1.54) is 6.07 Å². The van der Waals surface area contributed by atoms with E-state index in [0.717, 1.165) is 62.7 Å². The summed E-state index contributed by atoms with van der Waals surface area (Å²) in [7, 11) is 0. The Morgan fingerprint density at radius 2 is 1.55 bits per heavy atom. The van der Waals surface area contributed by atoms with Crippen LogP contribution in [0.4, 0.5) is 13.2 Å². The molecule has 202 valence electrons. The minimum absolute atomic E-state index is 0.0221. The molecule has 0 atom stereocenters. The quantitative estimate of drug-likeness (QED) is 0.184. The Morgan fingerprint density at radius 3 is 2.24 bits per heavy atom. The van der Waals surface area contributed by atoms with Crippen LogP contribution in [0, 0.1) is 17.5 Å². The van der Waals surface area contributed by atoms with Crippen LogP contribution in [0.2, 0.25) is 0 Å². The molecule has 1 aliphatic rings. The second-order valence-corrected chi connectivity index (χ2v) is 10.0. The van der Waals surface area contributed by atoms with Gasteiger partial charge >= 0.3 is 0 Å². The molecule has 5 heteroatoms. The van der Waals surface area contributed by atoms with E-state index in [1.807, 2.05) is 24.3 Å². The first-order valence-corrected chi connectivity index (χ1v) is 13.8. The molecule has 0 unspecified atom stereocenters. The normalized spacial score (nSPS) is 17.7. The first-order valence-electron chi connectivity index (χ1n) is 13.8. The highest BCUT2D eigenvalue weighted by Crippen LogP contribution is 2.36. The Labute approximate surface area is 224 Å². The molecule has 0 bridgehead atoms. The predicted molar refractivity (Wildman–Crippen MR) is 149 cm³/mol. The van der Waals surface area contributed by atoms with E-state index >= 15 is 0 Å². The molecule has 1 fully saturated rings. The molecule has 1 aliphatic carbocycles. The highest BCUT2D eigenvalue weighted by molar-refractivity contribution is 5.73. The molecule has 3 aromatic carbocycles. The van der Waals surface area contributed by atoms with Crippen molar-refractivity contribution in [3.05, 3.63) is 88.7 Å². The molecule has 0 N–H and O–H groups in total. The predicted octanol–water partition coefficient (Wildman–Crippen LogP) is 9.57. The minimum Gasteiger partial charge on any atom is -0.493 e. The van der Waals surface area contributed by atoms with Crippen LogP contribution in [0.15, 0.2) is 54.6 Å². The zero-order valence-corrected chi connectivity index (χ0v) is 22.3. The van der Waals surface area contributed by atoms with Crippen molar-refractivity contribution in [3.8, 4) is 16.9 Å². The van der Waals surface area contributed by atoms with Gasteiger partial charge in [0.25, 0.3) is 0 Å². The lowest BCUT2D eigenvalue weighted by Gasteiger charge is -2.29. The average molecular weight is 523 g/mol. The zero-order chi connectivity index (χ0) is 26.9. The lowest BCUT2D eigenvalue weighted by Crippen LogP contribution is -2.21. The summed E-state index contributed by atoms with van der Waals surface area (Å²) in [6.45, 7) is 5.48. The van der Waals surface area contributed by atoms with E-state index in [9.17, 15) is 13.2 Å². The van der Waals surface area contributed by atoms with Gasteiger partial charge in [-0.2, -0.15) is 0 Å². The van der Waals surface area contributed by atoms with E-state index in [-0.39, 0.29) is 23.4 Å². The van der Waals surface area contributed by atoms with Crippen LogP contribution in [-0.4, -0.2) is 19.3 Å². The monoisotopic (exact) mass is 522 g/mol. The van der Waals surface area contributed by atoms with E-state index in [1.54, 1.807) is 36.4 Å². The second kappa shape index (κ2) is 13.7. The van der Waals surface area contributed by atoms with Crippen molar-refractivity contribution in [3.63, 3.8) is 0 Å². The van der Waals surface area contributed by atoms with E-state index in [0.29, 0.717) is 23.5 Å². The van der Waals surface area contributed by atoms with Crippen molar-refractivity contribution in [2.45, 2.75) is 70.8 Å². The third-order valence-corrected chi connectivity index (χ3v) is 7.20. The molecular formula is C33H37F3O2. The van der Waals surface area contributed by atoms with Crippen LogP contribution in [0.1, 0.15) is 81.4 Å².